The minimum Gasteiger partial charge on any atom is -0.484 e. The molecule has 0 fully saturated rings. The summed E-state index contributed by atoms with van der Waals surface area (Å²) in [5.41, 5.74) is 1.38. The first-order chi connectivity index (χ1) is 8.31. The van der Waals surface area contributed by atoms with E-state index in [1.54, 1.807) is 6.08 Å². The molecule has 17 heavy (non-hydrogen) atoms. The Labute approximate surface area is 99.4 Å². The average molecular weight is 228 g/mol. The van der Waals surface area contributed by atoms with Gasteiger partial charge in [0.15, 0.2) is 5.76 Å². The predicted octanol–water partition coefficient (Wildman–Crippen LogP) is 2.19. The first-order valence-electron chi connectivity index (χ1n) is 5.37. The minimum atomic E-state index is -0.241. The van der Waals surface area contributed by atoms with Crippen LogP contribution in [0, 0.1) is 0 Å². The summed E-state index contributed by atoms with van der Waals surface area (Å²) in [5, 5.41) is 0. The Balaban J connectivity index is 2.09. The first-order valence-corrected chi connectivity index (χ1v) is 5.37. The number of carbonyl (C=O) groups is 2. The Morgan fingerprint density at radius 1 is 1.24 bits per heavy atom. The monoisotopic (exact) mass is 228 g/mol. The van der Waals surface area contributed by atoms with E-state index in [2.05, 4.69) is 0 Å². The number of hydrogen-bond acceptors (Lipinski definition) is 3. The van der Waals surface area contributed by atoms with Gasteiger partial charge in [-0.05, 0) is 18.1 Å². The molecule has 1 aliphatic rings. The van der Waals surface area contributed by atoms with Crippen LogP contribution in [0.15, 0.2) is 53.8 Å². The molecule has 0 spiro atoms. The Bertz CT molecular complexity index is 483. The highest BCUT2D eigenvalue weighted by Gasteiger charge is 2.17. The molecule has 0 unspecified atom stereocenters. The lowest BCUT2D eigenvalue weighted by Crippen LogP contribution is -2.11. The van der Waals surface area contributed by atoms with Gasteiger partial charge in [0.2, 0.25) is 5.78 Å². The molecule has 0 heterocycles. The highest BCUT2D eigenvalue weighted by molar-refractivity contribution is 6.07. The fourth-order valence-corrected chi connectivity index (χ4v) is 1.61. The molecule has 0 radical (unpaired) electrons. The molecule has 3 nitrogen and oxygen atoms in total. The standard InChI is InChI=1S/C14H12O3/c15-9-12-7-4-8-13(16)14(12)17-10-11-5-2-1-3-6-11/h1-6,8-9H,7,10H2. The SMILES string of the molecule is O=CC1=C(OCc2ccccc2)C(=O)C=CC1. The number of ketones is 1. The maximum atomic E-state index is 11.6. The summed E-state index contributed by atoms with van der Waals surface area (Å²) in [6.45, 7) is 0.299. The fourth-order valence-electron chi connectivity index (χ4n) is 1.61. The molecule has 1 aromatic carbocycles. The third-order valence-electron chi connectivity index (χ3n) is 2.49. The summed E-state index contributed by atoms with van der Waals surface area (Å²) >= 11 is 0. The molecule has 2 rings (SSSR count). The average Bonchev–Trinajstić information content (AvgIpc) is 2.38. The number of benzene rings is 1. The lowest BCUT2D eigenvalue weighted by molar-refractivity contribution is -0.115. The van der Waals surface area contributed by atoms with Gasteiger partial charge in [0.1, 0.15) is 12.9 Å². The van der Waals surface area contributed by atoms with Gasteiger partial charge in [-0.15, -0.1) is 0 Å². The van der Waals surface area contributed by atoms with Gasteiger partial charge in [-0.3, -0.25) is 9.59 Å². The van der Waals surface area contributed by atoms with E-state index in [0.29, 0.717) is 24.9 Å². The van der Waals surface area contributed by atoms with Crippen molar-refractivity contribution in [2.45, 2.75) is 13.0 Å². The van der Waals surface area contributed by atoms with Gasteiger partial charge in [0, 0.05) is 5.57 Å². The van der Waals surface area contributed by atoms with E-state index in [9.17, 15) is 9.59 Å². The minimum absolute atomic E-state index is 0.173. The van der Waals surface area contributed by atoms with Gasteiger partial charge < -0.3 is 4.74 Å². The third kappa shape index (κ3) is 2.69. The smallest absolute Gasteiger partial charge is 0.220 e. The van der Waals surface area contributed by atoms with Gasteiger partial charge in [-0.2, -0.15) is 0 Å². The van der Waals surface area contributed by atoms with Crippen molar-refractivity contribution in [1.82, 2.24) is 0 Å². The fraction of sp³-hybridized carbons (Fsp3) is 0.143. The molecule has 0 aliphatic heterocycles. The van der Waals surface area contributed by atoms with Gasteiger partial charge >= 0.3 is 0 Å². The van der Waals surface area contributed by atoms with E-state index in [1.807, 2.05) is 30.3 Å². The molecular weight excluding hydrogens is 216 g/mol. The summed E-state index contributed by atoms with van der Waals surface area (Å²) in [6.07, 6.45) is 4.25. The predicted molar refractivity (Wildman–Crippen MR) is 63.1 cm³/mol. The molecule has 0 saturated heterocycles. The number of hydrogen-bond donors (Lipinski definition) is 0. The number of carbonyl (C=O) groups excluding carboxylic acids is 2. The van der Waals surface area contributed by atoms with Crippen LogP contribution in [-0.4, -0.2) is 12.1 Å². The van der Waals surface area contributed by atoms with Crippen LogP contribution in [0.2, 0.25) is 0 Å². The lowest BCUT2D eigenvalue weighted by Gasteiger charge is -2.13. The quantitative estimate of drug-likeness (QED) is 0.742. The Hall–Kier alpha value is -2.16. The van der Waals surface area contributed by atoms with Crippen LogP contribution in [0.4, 0.5) is 0 Å². The van der Waals surface area contributed by atoms with Crippen molar-refractivity contribution >= 4 is 12.1 Å². The second-order valence-electron chi connectivity index (χ2n) is 3.72. The van der Waals surface area contributed by atoms with Gasteiger partial charge in [0.05, 0.1) is 0 Å². The van der Waals surface area contributed by atoms with Crippen molar-refractivity contribution in [3.63, 3.8) is 0 Å². The van der Waals surface area contributed by atoms with E-state index < -0.39 is 0 Å². The van der Waals surface area contributed by atoms with Crippen molar-refractivity contribution in [3.05, 3.63) is 59.4 Å². The molecule has 0 saturated carbocycles. The topological polar surface area (TPSA) is 43.4 Å². The molecule has 1 aromatic rings. The lowest BCUT2D eigenvalue weighted by atomic mass is 10.0. The van der Waals surface area contributed by atoms with E-state index in [4.69, 9.17) is 4.74 Å². The van der Waals surface area contributed by atoms with E-state index in [0.717, 1.165) is 5.56 Å². The van der Waals surface area contributed by atoms with Gasteiger partial charge in [0.25, 0.3) is 0 Å². The van der Waals surface area contributed by atoms with Crippen molar-refractivity contribution in [1.29, 1.82) is 0 Å². The molecule has 0 amide bonds. The zero-order chi connectivity index (χ0) is 12.1. The highest BCUT2D eigenvalue weighted by atomic mass is 16.5. The second kappa shape index (κ2) is 5.25. The number of allylic oxidation sites excluding steroid dienone is 3. The zero-order valence-corrected chi connectivity index (χ0v) is 9.26. The molecule has 0 N–H and O–H groups in total. The molecule has 0 atom stereocenters. The summed E-state index contributed by atoms with van der Waals surface area (Å²) in [5.74, 6) is -0.0689. The van der Waals surface area contributed by atoms with Crippen LogP contribution in [-0.2, 0) is 20.9 Å². The molecule has 1 aliphatic carbocycles. The van der Waals surface area contributed by atoms with Crippen molar-refractivity contribution in [2.24, 2.45) is 0 Å². The van der Waals surface area contributed by atoms with E-state index in [-0.39, 0.29) is 11.5 Å². The largest absolute Gasteiger partial charge is 0.484 e. The van der Waals surface area contributed by atoms with Crippen molar-refractivity contribution in [3.8, 4) is 0 Å². The third-order valence-corrected chi connectivity index (χ3v) is 2.49. The number of aldehydes is 1. The van der Waals surface area contributed by atoms with Crippen molar-refractivity contribution in [2.75, 3.05) is 0 Å². The number of rotatable bonds is 4. The summed E-state index contributed by atoms with van der Waals surface area (Å²) in [6, 6.07) is 9.52. The summed E-state index contributed by atoms with van der Waals surface area (Å²) < 4.78 is 5.43. The Morgan fingerprint density at radius 3 is 2.71 bits per heavy atom. The van der Waals surface area contributed by atoms with Gasteiger partial charge in [-0.25, -0.2) is 0 Å². The first kappa shape index (κ1) is 11.3. The Morgan fingerprint density at radius 2 is 2.00 bits per heavy atom. The summed E-state index contributed by atoms with van der Waals surface area (Å²) in [7, 11) is 0. The molecule has 0 bridgehead atoms. The van der Waals surface area contributed by atoms with Crippen molar-refractivity contribution < 1.29 is 14.3 Å². The zero-order valence-electron chi connectivity index (χ0n) is 9.26. The van der Waals surface area contributed by atoms with Crippen LogP contribution in [0.25, 0.3) is 0 Å². The molecule has 3 heteroatoms. The maximum absolute atomic E-state index is 11.6. The number of ether oxygens (including phenoxy) is 1. The van der Waals surface area contributed by atoms with E-state index >= 15 is 0 Å². The van der Waals surface area contributed by atoms with Crippen LogP contribution < -0.4 is 0 Å². The van der Waals surface area contributed by atoms with Crippen LogP contribution in [0.1, 0.15) is 12.0 Å². The normalized spacial score (nSPS) is 14.9. The maximum Gasteiger partial charge on any atom is 0.220 e. The van der Waals surface area contributed by atoms with E-state index in [1.165, 1.54) is 6.08 Å². The highest BCUT2D eigenvalue weighted by Crippen LogP contribution is 2.17. The molecule has 0 aromatic heterocycles. The van der Waals surface area contributed by atoms with Crippen LogP contribution >= 0.6 is 0 Å². The Kier molecular flexibility index (Phi) is 3.50. The molecule has 86 valence electrons. The second-order valence-corrected chi connectivity index (χ2v) is 3.72. The van der Waals surface area contributed by atoms with Crippen LogP contribution in [0.3, 0.4) is 0 Å². The van der Waals surface area contributed by atoms with Crippen LogP contribution in [0.5, 0.6) is 0 Å². The van der Waals surface area contributed by atoms with Gasteiger partial charge in [-0.1, -0.05) is 36.4 Å². The molecular formula is C14H12O3. The summed E-state index contributed by atoms with van der Waals surface area (Å²) in [4.78, 5) is 22.4.